The Morgan fingerprint density at radius 2 is 1.93 bits per heavy atom. The molecule has 1 fully saturated rings. The molecule has 0 bridgehead atoms. The molecule has 0 amide bonds. The van der Waals surface area contributed by atoms with Gasteiger partial charge in [-0.25, -0.2) is 4.98 Å². The summed E-state index contributed by atoms with van der Waals surface area (Å²) >= 11 is 1.82. The summed E-state index contributed by atoms with van der Waals surface area (Å²) in [5.74, 6) is 1.49. The van der Waals surface area contributed by atoms with E-state index in [2.05, 4.69) is 53.1 Å². The van der Waals surface area contributed by atoms with Crippen LogP contribution in [0.1, 0.15) is 37.6 Å². The fourth-order valence-electron chi connectivity index (χ4n) is 3.29. The van der Waals surface area contributed by atoms with Crippen molar-refractivity contribution in [3.8, 4) is 0 Å². The highest BCUT2D eigenvalue weighted by atomic mass is 32.1. The minimum atomic E-state index is 0.569. The number of hydrogen-bond donors (Lipinski definition) is 2. The van der Waals surface area contributed by atoms with Crippen LogP contribution in [0.15, 0.2) is 11.2 Å². The Bertz CT molecular complexity index is 550. The standard InChI is InChI=1S/C20H38N6S/c1-5-18-15-23-19(27-18)8-9-22-20(21-6-2)24-14-17(4)16-26-12-10-25(7-3)11-13-26/h15,17H,5-14,16H2,1-4H3,(H2,21,22,24). The molecule has 2 rings (SSSR count). The molecule has 2 heterocycles. The van der Waals surface area contributed by atoms with Crippen LogP contribution in [0.2, 0.25) is 0 Å². The number of thiazole rings is 1. The third kappa shape index (κ3) is 8.15. The molecule has 1 atom stereocenters. The summed E-state index contributed by atoms with van der Waals surface area (Å²) in [5, 5.41) is 8.02. The van der Waals surface area contributed by atoms with Crippen molar-refractivity contribution < 1.29 is 0 Å². The summed E-state index contributed by atoms with van der Waals surface area (Å²) in [5.41, 5.74) is 0. The van der Waals surface area contributed by atoms with Crippen LogP contribution in [0.25, 0.3) is 0 Å². The van der Waals surface area contributed by atoms with Crippen molar-refractivity contribution in [2.24, 2.45) is 10.9 Å². The van der Waals surface area contributed by atoms with Gasteiger partial charge < -0.3 is 20.4 Å². The Labute approximate surface area is 169 Å². The van der Waals surface area contributed by atoms with Crippen molar-refractivity contribution in [2.45, 2.75) is 40.5 Å². The number of likely N-dealkylation sites (N-methyl/N-ethyl adjacent to an activating group) is 1. The van der Waals surface area contributed by atoms with Gasteiger partial charge in [-0.1, -0.05) is 20.8 Å². The number of aromatic nitrogens is 1. The van der Waals surface area contributed by atoms with Gasteiger partial charge in [0.15, 0.2) is 5.96 Å². The monoisotopic (exact) mass is 394 g/mol. The lowest BCUT2D eigenvalue weighted by atomic mass is 10.1. The van der Waals surface area contributed by atoms with E-state index in [0.29, 0.717) is 5.92 Å². The van der Waals surface area contributed by atoms with Crippen LogP contribution in [-0.4, -0.2) is 79.6 Å². The molecule has 1 aromatic heterocycles. The second-order valence-electron chi connectivity index (χ2n) is 7.31. The SMILES string of the molecule is CCNC(=NCC(C)CN1CCN(CC)CC1)NCCc1ncc(CC)s1. The molecule has 1 saturated heterocycles. The molecular weight excluding hydrogens is 356 g/mol. The van der Waals surface area contributed by atoms with Gasteiger partial charge in [-0.3, -0.25) is 4.99 Å². The molecule has 27 heavy (non-hydrogen) atoms. The normalized spacial score (nSPS) is 17.9. The second-order valence-corrected chi connectivity index (χ2v) is 8.51. The van der Waals surface area contributed by atoms with Gasteiger partial charge in [-0.2, -0.15) is 0 Å². The van der Waals surface area contributed by atoms with Gasteiger partial charge in [-0.15, -0.1) is 11.3 Å². The third-order valence-electron chi connectivity index (χ3n) is 4.97. The van der Waals surface area contributed by atoms with Crippen molar-refractivity contribution in [3.05, 3.63) is 16.1 Å². The summed E-state index contributed by atoms with van der Waals surface area (Å²) in [6, 6.07) is 0. The van der Waals surface area contributed by atoms with Crippen molar-refractivity contribution in [3.63, 3.8) is 0 Å². The fourth-order valence-corrected chi connectivity index (χ4v) is 4.15. The molecular formula is C20H38N6S. The van der Waals surface area contributed by atoms with Gasteiger partial charge in [-0.05, 0) is 25.8 Å². The fraction of sp³-hybridized carbons (Fsp3) is 0.800. The van der Waals surface area contributed by atoms with Gasteiger partial charge in [0.25, 0.3) is 0 Å². The lowest BCUT2D eigenvalue weighted by Gasteiger charge is -2.35. The van der Waals surface area contributed by atoms with Gasteiger partial charge in [0.05, 0.1) is 5.01 Å². The summed E-state index contributed by atoms with van der Waals surface area (Å²) < 4.78 is 0. The first kappa shape index (κ1) is 22.1. The molecule has 0 aliphatic carbocycles. The Morgan fingerprint density at radius 1 is 1.19 bits per heavy atom. The summed E-state index contributed by atoms with van der Waals surface area (Å²) in [4.78, 5) is 15.8. The van der Waals surface area contributed by atoms with Crippen molar-refractivity contribution in [2.75, 3.05) is 58.9 Å². The first-order valence-electron chi connectivity index (χ1n) is 10.5. The van der Waals surface area contributed by atoms with Gasteiger partial charge >= 0.3 is 0 Å². The third-order valence-corrected chi connectivity index (χ3v) is 6.17. The topological polar surface area (TPSA) is 55.8 Å². The van der Waals surface area contributed by atoms with E-state index in [9.17, 15) is 0 Å². The second kappa shape index (κ2) is 12.3. The van der Waals surface area contributed by atoms with Crippen LogP contribution in [0.4, 0.5) is 0 Å². The molecule has 154 valence electrons. The first-order chi connectivity index (χ1) is 13.1. The quantitative estimate of drug-likeness (QED) is 0.470. The molecule has 2 N–H and O–H groups in total. The Balaban J connectivity index is 1.71. The largest absolute Gasteiger partial charge is 0.357 e. The van der Waals surface area contributed by atoms with E-state index in [0.717, 1.165) is 45.0 Å². The smallest absolute Gasteiger partial charge is 0.191 e. The van der Waals surface area contributed by atoms with E-state index in [1.165, 1.54) is 42.6 Å². The molecule has 1 aliphatic heterocycles. The lowest BCUT2D eigenvalue weighted by molar-refractivity contribution is 0.125. The zero-order valence-corrected chi connectivity index (χ0v) is 18.4. The van der Waals surface area contributed by atoms with Crippen LogP contribution in [-0.2, 0) is 12.8 Å². The van der Waals surface area contributed by atoms with Crippen molar-refractivity contribution in [1.82, 2.24) is 25.4 Å². The number of nitrogens with zero attached hydrogens (tertiary/aromatic N) is 4. The van der Waals surface area contributed by atoms with E-state index in [1.54, 1.807) is 0 Å². The maximum absolute atomic E-state index is 4.80. The van der Waals surface area contributed by atoms with Crippen molar-refractivity contribution >= 4 is 17.3 Å². The number of piperazine rings is 1. The minimum absolute atomic E-state index is 0.569. The highest BCUT2D eigenvalue weighted by Gasteiger charge is 2.17. The number of nitrogens with one attached hydrogen (secondary N) is 2. The Kier molecular flexibility index (Phi) is 10.1. The number of aryl methyl sites for hydroxylation is 1. The predicted molar refractivity (Wildman–Crippen MR) is 117 cm³/mol. The molecule has 1 aliphatic rings. The van der Waals surface area contributed by atoms with E-state index < -0.39 is 0 Å². The number of hydrogen-bond acceptors (Lipinski definition) is 5. The highest BCUT2D eigenvalue weighted by molar-refractivity contribution is 7.11. The van der Waals surface area contributed by atoms with Crippen LogP contribution >= 0.6 is 11.3 Å². The van der Waals surface area contributed by atoms with Gasteiger partial charge in [0, 0.05) is 69.9 Å². The zero-order valence-electron chi connectivity index (χ0n) is 17.6. The van der Waals surface area contributed by atoms with Crippen LogP contribution in [0.5, 0.6) is 0 Å². The Morgan fingerprint density at radius 3 is 2.56 bits per heavy atom. The maximum Gasteiger partial charge on any atom is 0.191 e. The first-order valence-corrected chi connectivity index (χ1v) is 11.4. The van der Waals surface area contributed by atoms with Gasteiger partial charge in [0.2, 0.25) is 0 Å². The molecule has 0 radical (unpaired) electrons. The predicted octanol–water partition coefficient (Wildman–Crippen LogP) is 2.08. The molecule has 0 aromatic carbocycles. The summed E-state index contributed by atoms with van der Waals surface area (Å²) in [7, 11) is 0. The van der Waals surface area contributed by atoms with E-state index in [4.69, 9.17) is 4.99 Å². The molecule has 1 aromatic rings. The zero-order chi connectivity index (χ0) is 19.5. The van der Waals surface area contributed by atoms with Crippen LogP contribution in [0.3, 0.4) is 0 Å². The molecule has 0 saturated carbocycles. The molecule has 0 spiro atoms. The van der Waals surface area contributed by atoms with E-state index >= 15 is 0 Å². The summed E-state index contributed by atoms with van der Waals surface area (Å²) in [6.07, 6.45) is 4.02. The van der Waals surface area contributed by atoms with Crippen LogP contribution in [0, 0.1) is 5.92 Å². The van der Waals surface area contributed by atoms with E-state index in [1.807, 2.05) is 17.5 Å². The van der Waals surface area contributed by atoms with E-state index in [-0.39, 0.29) is 0 Å². The minimum Gasteiger partial charge on any atom is -0.357 e. The molecule has 1 unspecified atom stereocenters. The average molecular weight is 395 g/mol. The van der Waals surface area contributed by atoms with Gasteiger partial charge in [0.1, 0.15) is 0 Å². The highest BCUT2D eigenvalue weighted by Crippen LogP contribution is 2.13. The molecule has 7 heteroatoms. The van der Waals surface area contributed by atoms with Crippen molar-refractivity contribution in [1.29, 1.82) is 0 Å². The average Bonchev–Trinajstić information content (AvgIpc) is 3.14. The lowest BCUT2D eigenvalue weighted by Crippen LogP contribution is -2.47. The Hall–Kier alpha value is -1.18. The molecule has 6 nitrogen and oxygen atoms in total. The maximum atomic E-state index is 4.80. The number of aliphatic imine (C=N–C) groups is 1. The van der Waals surface area contributed by atoms with Crippen LogP contribution < -0.4 is 10.6 Å². The number of rotatable bonds is 10. The summed E-state index contributed by atoms with van der Waals surface area (Å²) in [6.45, 7) is 18.6. The number of guanidine groups is 1.